The fourth-order valence-corrected chi connectivity index (χ4v) is 6.91. The van der Waals surface area contributed by atoms with Crippen molar-refractivity contribution in [2.24, 2.45) is 0 Å². The first-order valence-electron chi connectivity index (χ1n) is 12.9. The Balaban J connectivity index is 1.61. The van der Waals surface area contributed by atoms with Crippen LogP contribution in [0, 0.1) is 5.82 Å². The number of hydrogen-bond donors (Lipinski definition) is 3. The number of carbonyl (C=O) groups is 2. The Kier molecular flexibility index (Phi) is 5.86. The van der Waals surface area contributed by atoms with Gasteiger partial charge in [-0.05, 0) is 65.7 Å². The molecule has 3 atom stereocenters. The first kappa shape index (κ1) is 25.3. The van der Waals surface area contributed by atoms with Gasteiger partial charge >= 0.3 is 0 Å². The molecule has 3 N–H and O–H groups in total. The number of halogens is 2. The Morgan fingerprint density at radius 3 is 2.74 bits per heavy atom. The Morgan fingerprint density at radius 1 is 1.26 bits per heavy atom. The first-order chi connectivity index (χ1) is 18.0. The van der Waals surface area contributed by atoms with Gasteiger partial charge in [0.15, 0.2) is 5.78 Å². The van der Waals surface area contributed by atoms with Crippen molar-refractivity contribution in [2.45, 2.75) is 76.7 Å². The van der Waals surface area contributed by atoms with Gasteiger partial charge in [0.05, 0.1) is 46.5 Å². The summed E-state index contributed by atoms with van der Waals surface area (Å²) in [5.74, 6) is -1.06. The number of pyridine rings is 2. The number of Topliss-reactive ketones (excluding diaryl/α,β-unsaturated/α-hetero) is 1. The number of aromatic nitrogens is 2. The number of ketones is 1. The van der Waals surface area contributed by atoms with Crippen LogP contribution in [0.1, 0.15) is 73.4 Å². The Labute approximate surface area is 226 Å². The highest BCUT2D eigenvalue weighted by Gasteiger charge is 2.44. The minimum absolute atomic E-state index is 0.0527. The first-order valence-corrected chi connectivity index (χ1v) is 13.7. The van der Waals surface area contributed by atoms with E-state index in [4.69, 9.17) is 4.98 Å². The van der Waals surface area contributed by atoms with Crippen LogP contribution in [-0.2, 0) is 34.6 Å². The molecule has 0 fully saturated rings. The molecule has 0 radical (unpaired) electrons. The zero-order valence-corrected chi connectivity index (χ0v) is 22.6. The van der Waals surface area contributed by atoms with Gasteiger partial charge in [0, 0.05) is 34.6 Å². The summed E-state index contributed by atoms with van der Waals surface area (Å²) in [4.78, 5) is 43.9. The van der Waals surface area contributed by atoms with Gasteiger partial charge in [0.2, 0.25) is 5.91 Å². The lowest BCUT2D eigenvalue weighted by Crippen LogP contribution is -2.43. The number of rotatable bonds is 4. The van der Waals surface area contributed by atoms with E-state index in [0.29, 0.717) is 45.3 Å². The van der Waals surface area contributed by atoms with Gasteiger partial charge in [0.1, 0.15) is 11.4 Å². The number of amides is 1. The van der Waals surface area contributed by atoms with Crippen molar-refractivity contribution in [3.63, 3.8) is 0 Å². The van der Waals surface area contributed by atoms with Gasteiger partial charge in [-0.1, -0.05) is 6.92 Å². The summed E-state index contributed by atoms with van der Waals surface area (Å²) in [6, 6.07) is 2.62. The van der Waals surface area contributed by atoms with E-state index in [9.17, 15) is 29.0 Å². The number of nitrogens with zero attached hydrogens (tertiary/aromatic N) is 2. The molecule has 38 heavy (non-hydrogen) atoms. The van der Waals surface area contributed by atoms with Crippen LogP contribution in [-0.4, -0.2) is 37.6 Å². The van der Waals surface area contributed by atoms with Gasteiger partial charge in [-0.2, -0.15) is 0 Å². The second-order valence-corrected chi connectivity index (χ2v) is 11.4. The lowest BCUT2D eigenvalue weighted by molar-refractivity contribution is -0.140. The summed E-state index contributed by atoms with van der Waals surface area (Å²) in [5.41, 5.74) is 2.39. The number of aryl methyl sites for hydroxylation is 1. The second kappa shape index (κ2) is 8.79. The van der Waals surface area contributed by atoms with Gasteiger partial charge in [-0.3, -0.25) is 14.4 Å². The highest BCUT2D eigenvalue weighted by atomic mass is 79.9. The molecule has 0 saturated heterocycles. The molecule has 1 aromatic carbocycles. The monoisotopic (exact) mass is 583 g/mol. The van der Waals surface area contributed by atoms with Crippen LogP contribution < -0.4 is 10.9 Å². The fraction of sp³-hybridized carbons (Fsp3) is 0.429. The number of aliphatic hydroxyl groups is 2. The smallest absolute Gasteiger partial charge is 0.254 e. The quantitative estimate of drug-likeness (QED) is 0.339. The standard InChI is InChI=1S/C28H27BrFN3O5/c1-3-28(38)16-9-20-26-15(11-33(20)27(37)13(16)5-7-21(28)35)24-18(31-22(36)8-12(2)34)6-4-14-23(24)19(32-26)10-17(30)25(14)29/h9-10,12,18,34,38H,3-8,11H2,1-2H3,(H,31,36)/t12-,18-,28-/m0/s1. The lowest BCUT2D eigenvalue weighted by Gasteiger charge is -2.32. The molecule has 3 heterocycles. The molecule has 10 heteroatoms. The molecule has 0 saturated carbocycles. The Morgan fingerprint density at radius 2 is 2.03 bits per heavy atom. The number of nitrogens with one attached hydrogen (secondary N) is 1. The predicted octanol–water partition coefficient (Wildman–Crippen LogP) is 3.31. The Hall–Kier alpha value is -2.95. The molecular formula is C28H27BrFN3O5. The molecule has 8 nitrogen and oxygen atoms in total. The van der Waals surface area contributed by atoms with Gasteiger partial charge < -0.3 is 20.1 Å². The summed E-state index contributed by atoms with van der Waals surface area (Å²) in [5, 5.41) is 24.8. The average molecular weight is 584 g/mol. The molecule has 3 aromatic rings. The van der Waals surface area contributed by atoms with Crippen molar-refractivity contribution < 1.29 is 24.2 Å². The molecule has 1 amide bonds. The number of hydrogen-bond acceptors (Lipinski definition) is 6. The topological polar surface area (TPSA) is 122 Å². The zero-order valence-electron chi connectivity index (χ0n) is 21.0. The summed E-state index contributed by atoms with van der Waals surface area (Å²) in [7, 11) is 0. The summed E-state index contributed by atoms with van der Waals surface area (Å²) < 4.78 is 16.9. The highest BCUT2D eigenvalue weighted by molar-refractivity contribution is 9.10. The third-order valence-corrected chi connectivity index (χ3v) is 9.09. The zero-order chi connectivity index (χ0) is 27.1. The molecule has 0 spiro atoms. The molecule has 3 aliphatic rings. The van der Waals surface area contributed by atoms with Crippen LogP contribution in [0.15, 0.2) is 21.4 Å². The molecular weight excluding hydrogens is 557 g/mol. The maximum absolute atomic E-state index is 14.9. The van der Waals surface area contributed by atoms with Crippen LogP contribution in [0.25, 0.3) is 22.3 Å². The van der Waals surface area contributed by atoms with Gasteiger partial charge in [0.25, 0.3) is 5.56 Å². The number of fused-ring (bicyclic) bond motifs is 5. The predicted molar refractivity (Wildman–Crippen MR) is 141 cm³/mol. The van der Waals surface area contributed by atoms with Crippen molar-refractivity contribution in [3.05, 3.63) is 60.6 Å². The Bertz CT molecular complexity index is 1630. The minimum atomic E-state index is -1.74. The molecule has 0 bridgehead atoms. The third-order valence-electron chi connectivity index (χ3n) is 8.24. The number of benzene rings is 1. The molecule has 198 valence electrons. The molecule has 2 aromatic heterocycles. The van der Waals surface area contributed by atoms with Crippen LogP contribution >= 0.6 is 15.9 Å². The molecule has 6 rings (SSSR count). The lowest BCUT2D eigenvalue weighted by atomic mass is 9.77. The van der Waals surface area contributed by atoms with Gasteiger partial charge in [-0.25, -0.2) is 9.37 Å². The van der Waals surface area contributed by atoms with E-state index in [0.717, 1.165) is 22.1 Å². The van der Waals surface area contributed by atoms with E-state index in [2.05, 4.69) is 21.2 Å². The number of carbonyl (C=O) groups excluding carboxylic acids is 2. The second-order valence-electron chi connectivity index (χ2n) is 10.6. The van der Waals surface area contributed by atoms with E-state index in [1.807, 2.05) is 0 Å². The van der Waals surface area contributed by atoms with Crippen molar-refractivity contribution in [3.8, 4) is 11.4 Å². The minimum Gasteiger partial charge on any atom is -0.393 e. The number of aliphatic hydroxyl groups excluding tert-OH is 1. The summed E-state index contributed by atoms with van der Waals surface area (Å²) in [6.45, 7) is 3.47. The summed E-state index contributed by atoms with van der Waals surface area (Å²) in [6.07, 6.45) is 0.668. The van der Waals surface area contributed by atoms with Crippen LogP contribution in [0.2, 0.25) is 0 Å². The van der Waals surface area contributed by atoms with Crippen LogP contribution in [0.5, 0.6) is 0 Å². The van der Waals surface area contributed by atoms with Crippen molar-refractivity contribution in [2.75, 3.05) is 0 Å². The largest absolute Gasteiger partial charge is 0.393 e. The average Bonchev–Trinajstić information content (AvgIpc) is 3.24. The van der Waals surface area contributed by atoms with Crippen LogP contribution in [0.4, 0.5) is 4.39 Å². The maximum Gasteiger partial charge on any atom is 0.254 e. The van der Waals surface area contributed by atoms with Crippen molar-refractivity contribution in [1.29, 1.82) is 0 Å². The summed E-state index contributed by atoms with van der Waals surface area (Å²) >= 11 is 3.39. The van der Waals surface area contributed by atoms with Crippen LogP contribution in [0.3, 0.4) is 0 Å². The van der Waals surface area contributed by atoms with E-state index in [-0.39, 0.29) is 49.5 Å². The van der Waals surface area contributed by atoms with E-state index < -0.39 is 23.6 Å². The SMILES string of the molecule is CC[C@@]1(O)C(=O)CCc2c1cc1n(c2=O)Cc2c-1nc1cc(F)c(Br)c3c1c2[C@@H](NC(=O)C[C@H](C)O)CC3. The normalized spacial score (nSPS) is 22.2. The molecule has 2 aliphatic carbocycles. The highest BCUT2D eigenvalue weighted by Crippen LogP contribution is 2.46. The van der Waals surface area contributed by atoms with E-state index in [1.54, 1.807) is 24.5 Å². The van der Waals surface area contributed by atoms with E-state index >= 15 is 0 Å². The van der Waals surface area contributed by atoms with E-state index in [1.165, 1.54) is 6.07 Å². The van der Waals surface area contributed by atoms with Gasteiger partial charge in [-0.15, -0.1) is 0 Å². The molecule has 0 unspecified atom stereocenters. The maximum atomic E-state index is 14.9. The molecule has 1 aliphatic heterocycles. The third kappa shape index (κ3) is 3.53. The fourth-order valence-electron chi connectivity index (χ4n) is 6.40. The van der Waals surface area contributed by atoms with Crippen molar-refractivity contribution >= 4 is 38.5 Å². The van der Waals surface area contributed by atoms with Crippen molar-refractivity contribution in [1.82, 2.24) is 14.9 Å².